The molecule has 20 heavy (non-hydrogen) atoms. The van der Waals surface area contributed by atoms with Crippen LogP contribution in [0.25, 0.3) is 0 Å². The molecule has 6 heteroatoms. The van der Waals surface area contributed by atoms with Crippen molar-refractivity contribution in [2.75, 3.05) is 13.1 Å². The Bertz CT molecular complexity index is 428. The number of hydrogen-bond donors (Lipinski definition) is 1. The van der Waals surface area contributed by atoms with E-state index >= 15 is 0 Å². The molecular formula is C14H21N3O3. The topological polar surface area (TPSA) is 84.6 Å². The van der Waals surface area contributed by atoms with E-state index in [9.17, 15) is 9.59 Å². The molecule has 1 N–H and O–H groups in total. The third kappa shape index (κ3) is 3.21. The van der Waals surface area contributed by atoms with Crippen LogP contribution < -0.4 is 0 Å². The Kier molecular flexibility index (Phi) is 4.48. The van der Waals surface area contributed by atoms with Crippen molar-refractivity contribution in [2.45, 2.75) is 51.1 Å². The molecule has 2 rings (SSSR count). The Hall–Kier alpha value is -1.77. The Morgan fingerprint density at radius 3 is 2.60 bits per heavy atom. The predicted molar refractivity (Wildman–Crippen MR) is 71.9 cm³/mol. The normalized spacial score (nSPS) is 25.9. The molecular weight excluding hydrogens is 258 g/mol. The third-order valence-corrected chi connectivity index (χ3v) is 4.17. The standard InChI is InChI=1S/C14H21N3O3/c1-10-9-11(13(18)19)5-8-16(10)14(20)17(7-2-6-15)12-3-4-12/h10-12H,2-5,7-9H2,1H3,(H,18,19). The van der Waals surface area contributed by atoms with Crippen molar-refractivity contribution in [3.8, 4) is 6.07 Å². The molecule has 2 unspecified atom stereocenters. The number of carbonyl (C=O) groups is 2. The summed E-state index contributed by atoms with van der Waals surface area (Å²) in [6, 6.07) is 2.28. The van der Waals surface area contributed by atoms with Crippen molar-refractivity contribution in [2.24, 2.45) is 5.92 Å². The van der Waals surface area contributed by atoms with Gasteiger partial charge in [-0.25, -0.2) is 4.79 Å². The summed E-state index contributed by atoms with van der Waals surface area (Å²) in [5, 5.41) is 17.7. The molecule has 0 spiro atoms. The van der Waals surface area contributed by atoms with Gasteiger partial charge in [0.2, 0.25) is 0 Å². The van der Waals surface area contributed by atoms with E-state index in [4.69, 9.17) is 10.4 Å². The zero-order valence-corrected chi connectivity index (χ0v) is 11.8. The minimum absolute atomic E-state index is 0.0286. The highest BCUT2D eigenvalue weighted by Crippen LogP contribution is 2.30. The maximum absolute atomic E-state index is 12.6. The van der Waals surface area contributed by atoms with E-state index in [0.29, 0.717) is 32.4 Å². The van der Waals surface area contributed by atoms with Crippen LogP contribution in [0.5, 0.6) is 0 Å². The minimum atomic E-state index is -0.771. The van der Waals surface area contributed by atoms with Crippen LogP contribution in [0.1, 0.15) is 39.0 Å². The highest BCUT2D eigenvalue weighted by Gasteiger charge is 2.38. The molecule has 1 saturated heterocycles. The number of nitrogens with zero attached hydrogens (tertiary/aromatic N) is 3. The van der Waals surface area contributed by atoms with Crippen LogP contribution in [0.3, 0.4) is 0 Å². The van der Waals surface area contributed by atoms with Crippen molar-refractivity contribution in [3.63, 3.8) is 0 Å². The fourth-order valence-corrected chi connectivity index (χ4v) is 2.84. The van der Waals surface area contributed by atoms with Gasteiger partial charge in [-0.05, 0) is 32.6 Å². The second-order valence-corrected chi connectivity index (χ2v) is 5.72. The SMILES string of the molecule is CC1CC(C(=O)O)CCN1C(=O)N(CCC#N)C1CC1. The first-order valence-corrected chi connectivity index (χ1v) is 7.21. The Morgan fingerprint density at radius 2 is 2.10 bits per heavy atom. The number of nitriles is 1. The summed E-state index contributed by atoms with van der Waals surface area (Å²) >= 11 is 0. The number of rotatable bonds is 4. The zero-order chi connectivity index (χ0) is 14.7. The van der Waals surface area contributed by atoms with E-state index in [0.717, 1.165) is 12.8 Å². The van der Waals surface area contributed by atoms with Gasteiger partial charge in [0.25, 0.3) is 0 Å². The van der Waals surface area contributed by atoms with Gasteiger partial charge in [0.05, 0.1) is 18.4 Å². The second-order valence-electron chi connectivity index (χ2n) is 5.72. The predicted octanol–water partition coefficient (Wildman–Crippen LogP) is 1.67. The van der Waals surface area contributed by atoms with E-state index in [1.807, 2.05) is 6.92 Å². The number of amides is 2. The van der Waals surface area contributed by atoms with Gasteiger partial charge in [0.1, 0.15) is 0 Å². The van der Waals surface area contributed by atoms with Crippen molar-refractivity contribution >= 4 is 12.0 Å². The maximum atomic E-state index is 12.6. The molecule has 0 aromatic carbocycles. The van der Waals surface area contributed by atoms with Crippen molar-refractivity contribution in [1.82, 2.24) is 9.80 Å². The van der Waals surface area contributed by atoms with Gasteiger partial charge >= 0.3 is 12.0 Å². The molecule has 2 atom stereocenters. The summed E-state index contributed by atoms with van der Waals surface area (Å²) < 4.78 is 0. The molecule has 0 radical (unpaired) electrons. The summed E-state index contributed by atoms with van der Waals surface area (Å²) in [7, 11) is 0. The number of hydrogen-bond acceptors (Lipinski definition) is 3. The largest absolute Gasteiger partial charge is 0.481 e. The van der Waals surface area contributed by atoms with Gasteiger partial charge in [-0.1, -0.05) is 0 Å². The second kappa shape index (κ2) is 6.12. The summed E-state index contributed by atoms with van der Waals surface area (Å²) in [5.41, 5.74) is 0. The molecule has 2 aliphatic rings. The van der Waals surface area contributed by atoms with E-state index in [-0.39, 0.29) is 24.0 Å². The van der Waals surface area contributed by atoms with Gasteiger partial charge in [-0.3, -0.25) is 4.79 Å². The molecule has 2 fully saturated rings. The number of aliphatic carboxylic acids is 1. The Morgan fingerprint density at radius 1 is 1.40 bits per heavy atom. The number of carbonyl (C=O) groups excluding carboxylic acids is 1. The van der Waals surface area contributed by atoms with Gasteiger partial charge in [-0.2, -0.15) is 5.26 Å². The first-order chi connectivity index (χ1) is 9.54. The summed E-state index contributed by atoms with van der Waals surface area (Å²) in [6.45, 7) is 2.88. The summed E-state index contributed by atoms with van der Waals surface area (Å²) in [6.07, 6.45) is 3.40. The van der Waals surface area contributed by atoms with Gasteiger partial charge < -0.3 is 14.9 Å². The molecule has 1 aliphatic carbocycles. The van der Waals surface area contributed by atoms with Gasteiger partial charge in [0, 0.05) is 25.2 Å². The first-order valence-electron chi connectivity index (χ1n) is 7.21. The molecule has 110 valence electrons. The van der Waals surface area contributed by atoms with Crippen LogP contribution in [-0.4, -0.2) is 52.1 Å². The number of piperidine rings is 1. The smallest absolute Gasteiger partial charge is 0.320 e. The maximum Gasteiger partial charge on any atom is 0.320 e. The van der Waals surface area contributed by atoms with E-state index < -0.39 is 5.97 Å². The highest BCUT2D eigenvalue weighted by atomic mass is 16.4. The van der Waals surface area contributed by atoms with Crippen LogP contribution in [-0.2, 0) is 4.79 Å². The molecule has 0 aromatic rings. The average molecular weight is 279 g/mol. The molecule has 0 bridgehead atoms. The van der Waals surface area contributed by atoms with Gasteiger partial charge in [-0.15, -0.1) is 0 Å². The Labute approximate surface area is 119 Å². The van der Waals surface area contributed by atoms with E-state index in [1.54, 1.807) is 9.80 Å². The lowest BCUT2D eigenvalue weighted by Crippen LogP contribution is -2.52. The van der Waals surface area contributed by atoms with Crippen molar-refractivity contribution < 1.29 is 14.7 Å². The molecule has 1 saturated carbocycles. The lowest BCUT2D eigenvalue weighted by Gasteiger charge is -2.39. The number of urea groups is 1. The Balaban J connectivity index is 1.97. The monoisotopic (exact) mass is 279 g/mol. The van der Waals surface area contributed by atoms with Crippen LogP contribution >= 0.6 is 0 Å². The minimum Gasteiger partial charge on any atom is -0.481 e. The lowest BCUT2D eigenvalue weighted by molar-refractivity contribution is -0.143. The number of carboxylic acids is 1. The van der Waals surface area contributed by atoms with Crippen LogP contribution in [0.2, 0.25) is 0 Å². The highest BCUT2D eigenvalue weighted by molar-refractivity contribution is 5.76. The van der Waals surface area contributed by atoms with Crippen molar-refractivity contribution in [1.29, 1.82) is 5.26 Å². The van der Waals surface area contributed by atoms with Crippen LogP contribution in [0.15, 0.2) is 0 Å². The number of likely N-dealkylation sites (tertiary alicyclic amines) is 1. The molecule has 1 aliphatic heterocycles. The lowest BCUT2D eigenvalue weighted by atomic mass is 9.92. The molecule has 1 heterocycles. The average Bonchev–Trinajstić information content (AvgIpc) is 3.23. The van der Waals surface area contributed by atoms with Crippen LogP contribution in [0, 0.1) is 17.2 Å². The summed E-state index contributed by atoms with van der Waals surface area (Å²) in [5.74, 6) is -1.12. The fraction of sp³-hybridized carbons (Fsp3) is 0.786. The first kappa shape index (κ1) is 14.6. The quantitative estimate of drug-likeness (QED) is 0.848. The van der Waals surface area contributed by atoms with E-state index in [2.05, 4.69) is 6.07 Å². The molecule has 2 amide bonds. The zero-order valence-electron chi connectivity index (χ0n) is 11.8. The fourth-order valence-electron chi connectivity index (χ4n) is 2.84. The van der Waals surface area contributed by atoms with Crippen LogP contribution in [0.4, 0.5) is 4.79 Å². The third-order valence-electron chi connectivity index (χ3n) is 4.17. The summed E-state index contributed by atoms with van der Waals surface area (Å²) in [4.78, 5) is 27.2. The van der Waals surface area contributed by atoms with E-state index in [1.165, 1.54) is 0 Å². The molecule has 0 aromatic heterocycles. The molecule has 6 nitrogen and oxygen atoms in total. The number of carboxylic acid groups (broad SMARTS) is 1. The van der Waals surface area contributed by atoms with Crippen molar-refractivity contribution in [3.05, 3.63) is 0 Å². The van der Waals surface area contributed by atoms with Gasteiger partial charge in [0.15, 0.2) is 0 Å².